The Bertz CT molecular complexity index is 477. The zero-order valence-corrected chi connectivity index (χ0v) is 13.0. The third-order valence-corrected chi connectivity index (χ3v) is 4.50. The summed E-state index contributed by atoms with van der Waals surface area (Å²) in [4.78, 5) is 14.5. The van der Waals surface area contributed by atoms with Crippen molar-refractivity contribution in [3.63, 3.8) is 0 Å². The van der Waals surface area contributed by atoms with Crippen molar-refractivity contribution in [3.05, 3.63) is 24.2 Å². The summed E-state index contributed by atoms with van der Waals surface area (Å²) in [7, 11) is 1.62. The smallest absolute Gasteiger partial charge is 0.249 e. The average Bonchev–Trinajstić information content (AvgIpc) is 3.18. The van der Waals surface area contributed by atoms with E-state index in [1.807, 2.05) is 12.1 Å². The summed E-state index contributed by atoms with van der Waals surface area (Å²) < 4.78 is 16.4. The van der Waals surface area contributed by atoms with Gasteiger partial charge in [0.05, 0.1) is 25.5 Å². The molecule has 0 spiro atoms. The molecule has 0 radical (unpaired) electrons. The Kier molecular flexibility index (Phi) is 5.12. The molecule has 1 aromatic heterocycles. The minimum Gasteiger partial charge on any atom is -0.468 e. The number of hydrogen-bond acceptors (Lipinski definition) is 5. The van der Waals surface area contributed by atoms with E-state index >= 15 is 0 Å². The highest BCUT2D eigenvalue weighted by Gasteiger charge is 2.41. The molecular formula is C16H24N2O4. The molecule has 0 saturated carbocycles. The van der Waals surface area contributed by atoms with E-state index < -0.39 is 0 Å². The monoisotopic (exact) mass is 308 g/mol. The second-order valence-electron chi connectivity index (χ2n) is 5.93. The largest absolute Gasteiger partial charge is 0.468 e. The van der Waals surface area contributed by atoms with Gasteiger partial charge in [-0.15, -0.1) is 0 Å². The molecule has 2 aliphatic heterocycles. The highest BCUT2D eigenvalue weighted by molar-refractivity contribution is 5.80. The van der Waals surface area contributed by atoms with Crippen LogP contribution in [0.4, 0.5) is 0 Å². The van der Waals surface area contributed by atoms with Gasteiger partial charge in [-0.05, 0) is 31.4 Å². The predicted octanol–water partition coefficient (Wildman–Crippen LogP) is 1.16. The molecule has 0 aromatic carbocycles. The van der Waals surface area contributed by atoms with E-state index in [0.29, 0.717) is 19.2 Å². The van der Waals surface area contributed by atoms with Crippen LogP contribution in [0.1, 0.15) is 25.0 Å². The van der Waals surface area contributed by atoms with Gasteiger partial charge >= 0.3 is 0 Å². The van der Waals surface area contributed by atoms with Crippen molar-refractivity contribution in [2.24, 2.45) is 0 Å². The summed E-state index contributed by atoms with van der Waals surface area (Å²) in [6.07, 6.45) is 4.29. The maximum atomic E-state index is 12.1. The van der Waals surface area contributed by atoms with Crippen LogP contribution in [0.5, 0.6) is 0 Å². The third kappa shape index (κ3) is 3.51. The molecule has 2 saturated heterocycles. The number of rotatable bonds is 6. The molecular weight excluding hydrogens is 284 g/mol. The first-order valence-corrected chi connectivity index (χ1v) is 7.96. The Morgan fingerprint density at radius 3 is 3.14 bits per heavy atom. The topological polar surface area (TPSA) is 63.9 Å². The Hall–Kier alpha value is -1.37. The molecule has 3 heterocycles. The summed E-state index contributed by atoms with van der Waals surface area (Å²) >= 11 is 0. The van der Waals surface area contributed by atoms with Crippen LogP contribution in [0.2, 0.25) is 0 Å². The second kappa shape index (κ2) is 7.26. The first-order valence-electron chi connectivity index (χ1n) is 7.96. The van der Waals surface area contributed by atoms with Gasteiger partial charge in [-0.3, -0.25) is 9.69 Å². The van der Waals surface area contributed by atoms with E-state index in [1.165, 1.54) is 0 Å². The summed E-state index contributed by atoms with van der Waals surface area (Å²) in [6.45, 7) is 2.88. The van der Waals surface area contributed by atoms with E-state index in [1.54, 1.807) is 13.4 Å². The number of amides is 1. The van der Waals surface area contributed by atoms with Crippen LogP contribution in [0.3, 0.4) is 0 Å². The van der Waals surface area contributed by atoms with Gasteiger partial charge in [0.1, 0.15) is 11.9 Å². The van der Waals surface area contributed by atoms with Crippen LogP contribution in [0.15, 0.2) is 22.8 Å². The van der Waals surface area contributed by atoms with E-state index in [9.17, 15) is 4.79 Å². The number of methoxy groups -OCH3 is 1. The third-order valence-electron chi connectivity index (χ3n) is 4.50. The number of likely N-dealkylation sites (tertiary alicyclic amines) is 1. The molecule has 122 valence electrons. The van der Waals surface area contributed by atoms with Crippen molar-refractivity contribution in [2.45, 2.75) is 44.1 Å². The van der Waals surface area contributed by atoms with Gasteiger partial charge < -0.3 is 19.2 Å². The van der Waals surface area contributed by atoms with Gasteiger partial charge in [-0.1, -0.05) is 0 Å². The van der Waals surface area contributed by atoms with E-state index in [0.717, 1.165) is 38.1 Å². The molecule has 1 aromatic rings. The van der Waals surface area contributed by atoms with E-state index in [2.05, 4.69) is 10.2 Å². The van der Waals surface area contributed by atoms with Crippen LogP contribution < -0.4 is 5.32 Å². The predicted molar refractivity (Wildman–Crippen MR) is 80.3 cm³/mol. The number of furan rings is 1. The van der Waals surface area contributed by atoms with Crippen molar-refractivity contribution in [3.8, 4) is 0 Å². The van der Waals surface area contributed by atoms with Gasteiger partial charge in [0.15, 0.2) is 0 Å². The summed E-state index contributed by atoms with van der Waals surface area (Å²) in [6, 6.07) is 4.32. The number of carbonyl (C=O) groups is 1. The van der Waals surface area contributed by atoms with Crippen molar-refractivity contribution in [1.29, 1.82) is 0 Å². The van der Waals surface area contributed by atoms with Gasteiger partial charge in [-0.2, -0.15) is 0 Å². The molecule has 2 aliphatic rings. The SMILES string of the molecule is COCCNC(=O)[C@@H]1CC[C@@H]2[C@@H](CCN2Cc2ccco2)O1. The summed E-state index contributed by atoms with van der Waals surface area (Å²) in [5.41, 5.74) is 0. The van der Waals surface area contributed by atoms with Crippen LogP contribution >= 0.6 is 0 Å². The lowest BCUT2D eigenvalue weighted by Crippen LogP contribution is -2.48. The number of carbonyl (C=O) groups excluding carboxylic acids is 1. The van der Waals surface area contributed by atoms with Crippen molar-refractivity contribution < 1.29 is 18.7 Å². The van der Waals surface area contributed by atoms with Gasteiger partial charge in [0, 0.05) is 26.2 Å². The maximum absolute atomic E-state index is 12.1. The van der Waals surface area contributed by atoms with Gasteiger partial charge in [0.25, 0.3) is 0 Å². The first-order chi connectivity index (χ1) is 10.8. The quantitative estimate of drug-likeness (QED) is 0.799. The minimum absolute atomic E-state index is 0.0139. The molecule has 1 N–H and O–H groups in total. The van der Waals surface area contributed by atoms with Crippen LogP contribution in [-0.4, -0.2) is 55.9 Å². The second-order valence-corrected chi connectivity index (χ2v) is 5.93. The lowest BCUT2D eigenvalue weighted by Gasteiger charge is -2.35. The molecule has 0 aliphatic carbocycles. The molecule has 6 heteroatoms. The van der Waals surface area contributed by atoms with Crippen molar-refractivity contribution in [2.75, 3.05) is 26.8 Å². The molecule has 3 atom stereocenters. The highest BCUT2D eigenvalue weighted by Crippen LogP contribution is 2.32. The van der Waals surface area contributed by atoms with Crippen LogP contribution in [0.25, 0.3) is 0 Å². The Morgan fingerprint density at radius 1 is 1.45 bits per heavy atom. The van der Waals surface area contributed by atoms with Crippen molar-refractivity contribution >= 4 is 5.91 Å². The van der Waals surface area contributed by atoms with Gasteiger partial charge in [-0.25, -0.2) is 0 Å². The molecule has 1 amide bonds. The molecule has 0 bridgehead atoms. The molecule has 0 unspecified atom stereocenters. The van der Waals surface area contributed by atoms with Gasteiger partial charge in [0.2, 0.25) is 5.91 Å². The molecule has 22 heavy (non-hydrogen) atoms. The maximum Gasteiger partial charge on any atom is 0.249 e. The summed E-state index contributed by atoms with van der Waals surface area (Å²) in [5, 5.41) is 2.86. The van der Waals surface area contributed by atoms with E-state index in [-0.39, 0.29) is 18.1 Å². The average molecular weight is 308 g/mol. The lowest BCUT2D eigenvalue weighted by atomic mass is 9.98. The minimum atomic E-state index is -0.318. The zero-order chi connectivity index (χ0) is 15.4. The molecule has 2 fully saturated rings. The molecule has 6 nitrogen and oxygen atoms in total. The Morgan fingerprint density at radius 2 is 2.36 bits per heavy atom. The lowest BCUT2D eigenvalue weighted by molar-refractivity contribution is -0.144. The fraction of sp³-hybridized carbons (Fsp3) is 0.688. The molecule has 3 rings (SSSR count). The first kappa shape index (κ1) is 15.5. The van der Waals surface area contributed by atoms with Crippen LogP contribution in [-0.2, 0) is 20.8 Å². The fourth-order valence-corrected chi connectivity index (χ4v) is 3.40. The number of nitrogens with zero attached hydrogens (tertiary/aromatic N) is 1. The normalized spacial score (nSPS) is 28.5. The number of fused-ring (bicyclic) bond motifs is 1. The number of ether oxygens (including phenoxy) is 2. The number of hydrogen-bond donors (Lipinski definition) is 1. The Labute approximate surface area is 130 Å². The fourth-order valence-electron chi connectivity index (χ4n) is 3.40. The highest BCUT2D eigenvalue weighted by atomic mass is 16.5. The Balaban J connectivity index is 1.49. The zero-order valence-electron chi connectivity index (χ0n) is 13.0. The van der Waals surface area contributed by atoms with E-state index in [4.69, 9.17) is 13.9 Å². The van der Waals surface area contributed by atoms with Crippen LogP contribution in [0, 0.1) is 0 Å². The summed E-state index contributed by atoms with van der Waals surface area (Å²) in [5.74, 6) is 0.972. The van der Waals surface area contributed by atoms with Crippen molar-refractivity contribution in [1.82, 2.24) is 10.2 Å². The number of nitrogens with one attached hydrogen (secondary N) is 1. The standard InChI is InChI=1S/C16H24N2O4/c1-20-10-7-17-16(19)15-5-4-13-14(22-15)6-8-18(13)11-12-3-2-9-21-12/h2-3,9,13-15H,4-8,10-11H2,1H3,(H,17,19)/t13-,14-,15+/m1/s1.